The molecule has 27 heavy (non-hydrogen) atoms. The number of anilines is 2. The van der Waals surface area contributed by atoms with Crippen molar-refractivity contribution in [3.05, 3.63) is 54.1 Å². The lowest BCUT2D eigenvalue weighted by molar-refractivity contribution is -0.119. The first-order valence-corrected chi connectivity index (χ1v) is 9.63. The molecule has 0 aliphatic heterocycles. The SMILES string of the molecule is CC(=O)Nc1ccc(S[C@H](C)C(=O)c2ccc(NC(=O)C(C)C)cc2)cc1. The third kappa shape index (κ3) is 6.25. The van der Waals surface area contributed by atoms with Crippen LogP contribution in [0.4, 0.5) is 11.4 Å². The van der Waals surface area contributed by atoms with Crippen molar-refractivity contribution >= 4 is 40.7 Å². The lowest BCUT2D eigenvalue weighted by Crippen LogP contribution is -2.18. The maximum atomic E-state index is 12.6. The molecule has 0 spiro atoms. The molecule has 1 atom stereocenters. The molecule has 0 heterocycles. The van der Waals surface area contributed by atoms with Crippen molar-refractivity contribution in [3.8, 4) is 0 Å². The molecule has 5 nitrogen and oxygen atoms in total. The fraction of sp³-hybridized carbons (Fsp3) is 0.286. The fourth-order valence-corrected chi connectivity index (χ4v) is 3.26. The van der Waals surface area contributed by atoms with Gasteiger partial charge in [-0.3, -0.25) is 14.4 Å². The van der Waals surface area contributed by atoms with Crippen LogP contribution in [-0.2, 0) is 9.59 Å². The van der Waals surface area contributed by atoms with E-state index in [9.17, 15) is 14.4 Å². The topological polar surface area (TPSA) is 75.3 Å². The molecule has 0 saturated carbocycles. The van der Waals surface area contributed by atoms with E-state index in [1.54, 1.807) is 24.3 Å². The first-order valence-electron chi connectivity index (χ1n) is 8.75. The van der Waals surface area contributed by atoms with Gasteiger partial charge in [0.1, 0.15) is 0 Å². The molecule has 0 unspecified atom stereocenters. The molecule has 0 aliphatic carbocycles. The van der Waals surface area contributed by atoms with Crippen LogP contribution in [0.1, 0.15) is 38.1 Å². The summed E-state index contributed by atoms with van der Waals surface area (Å²) in [6.45, 7) is 6.98. The minimum Gasteiger partial charge on any atom is -0.326 e. The molecule has 0 fully saturated rings. The summed E-state index contributed by atoms with van der Waals surface area (Å²) in [5.74, 6) is -0.250. The number of nitrogens with one attached hydrogen (secondary N) is 2. The summed E-state index contributed by atoms with van der Waals surface area (Å²) in [6, 6.07) is 14.3. The minimum atomic E-state index is -0.257. The Morgan fingerprint density at radius 2 is 1.33 bits per heavy atom. The van der Waals surface area contributed by atoms with E-state index in [0.29, 0.717) is 11.3 Å². The Balaban J connectivity index is 1.98. The molecule has 2 rings (SSSR count). The van der Waals surface area contributed by atoms with E-state index in [-0.39, 0.29) is 28.8 Å². The van der Waals surface area contributed by atoms with Gasteiger partial charge in [-0.1, -0.05) is 13.8 Å². The van der Waals surface area contributed by atoms with Gasteiger partial charge in [-0.15, -0.1) is 11.8 Å². The highest BCUT2D eigenvalue weighted by Crippen LogP contribution is 2.27. The normalized spacial score (nSPS) is 11.7. The van der Waals surface area contributed by atoms with Gasteiger partial charge in [-0.2, -0.15) is 0 Å². The Kier molecular flexibility index (Phi) is 7.19. The van der Waals surface area contributed by atoms with Gasteiger partial charge in [0.2, 0.25) is 11.8 Å². The van der Waals surface area contributed by atoms with Crippen LogP contribution >= 0.6 is 11.8 Å². The van der Waals surface area contributed by atoms with Crippen LogP contribution < -0.4 is 10.6 Å². The number of rotatable bonds is 7. The van der Waals surface area contributed by atoms with Crippen molar-refractivity contribution in [3.63, 3.8) is 0 Å². The number of carbonyl (C=O) groups is 3. The molecule has 0 saturated heterocycles. The number of hydrogen-bond acceptors (Lipinski definition) is 4. The highest BCUT2D eigenvalue weighted by molar-refractivity contribution is 8.00. The summed E-state index contributed by atoms with van der Waals surface area (Å²) in [4.78, 5) is 36.4. The number of thioether (sulfide) groups is 1. The largest absolute Gasteiger partial charge is 0.326 e. The van der Waals surface area contributed by atoms with Crippen LogP contribution in [-0.4, -0.2) is 22.8 Å². The van der Waals surface area contributed by atoms with E-state index in [1.807, 2.05) is 45.0 Å². The molecular formula is C21H24N2O3S. The van der Waals surface area contributed by atoms with E-state index in [2.05, 4.69) is 10.6 Å². The van der Waals surface area contributed by atoms with Crippen molar-refractivity contribution in [2.75, 3.05) is 10.6 Å². The molecule has 2 amide bonds. The molecule has 2 aromatic rings. The van der Waals surface area contributed by atoms with Crippen LogP contribution in [0.2, 0.25) is 0 Å². The third-order valence-corrected chi connectivity index (χ3v) is 4.93. The van der Waals surface area contributed by atoms with Gasteiger partial charge < -0.3 is 10.6 Å². The summed E-state index contributed by atoms with van der Waals surface area (Å²) in [6.07, 6.45) is 0. The smallest absolute Gasteiger partial charge is 0.226 e. The van der Waals surface area contributed by atoms with Crippen molar-refractivity contribution in [1.82, 2.24) is 0 Å². The zero-order valence-electron chi connectivity index (χ0n) is 15.9. The van der Waals surface area contributed by atoms with Crippen molar-refractivity contribution in [1.29, 1.82) is 0 Å². The molecule has 2 aromatic carbocycles. The average Bonchev–Trinajstić information content (AvgIpc) is 2.62. The Bertz CT molecular complexity index is 814. The van der Waals surface area contributed by atoms with Crippen LogP contribution in [0.25, 0.3) is 0 Å². The molecule has 142 valence electrons. The molecule has 2 N–H and O–H groups in total. The molecule has 0 aromatic heterocycles. The van der Waals surface area contributed by atoms with Crippen molar-refractivity contribution in [2.45, 2.75) is 37.8 Å². The quantitative estimate of drug-likeness (QED) is 0.540. The Labute approximate surface area is 163 Å². The lowest BCUT2D eigenvalue weighted by atomic mass is 10.1. The van der Waals surface area contributed by atoms with Gasteiger partial charge in [-0.25, -0.2) is 0 Å². The fourth-order valence-electron chi connectivity index (χ4n) is 2.32. The Morgan fingerprint density at radius 1 is 0.815 bits per heavy atom. The van der Waals surface area contributed by atoms with Crippen LogP contribution in [0.15, 0.2) is 53.4 Å². The Morgan fingerprint density at radius 3 is 1.85 bits per heavy atom. The zero-order chi connectivity index (χ0) is 20.0. The Hall–Kier alpha value is -2.60. The molecule has 0 aliphatic rings. The minimum absolute atomic E-state index is 0.0210. The highest BCUT2D eigenvalue weighted by atomic mass is 32.2. The van der Waals surface area contributed by atoms with Gasteiger partial charge in [-0.05, 0) is 55.5 Å². The van der Waals surface area contributed by atoms with E-state index in [4.69, 9.17) is 0 Å². The van der Waals surface area contributed by atoms with Crippen LogP contribution in [0.5, 0.6) is 0 Å². The predicted octanol–water partition coefficient (Wildman–Crippen LogP) is 4.60. The van der Waals surface area contributed by atoms with E-state index >= 15 is 0 Å². The second-order valence-electron chi connectivity index (χ2n) is 6.55. The lowest BCUT2D eigenvalue weighted by Gasteiger charge is -2.12. The predicted molar refractivity (Wildman–Crippen MR) is 110 cm³/mol. The van der Waals surface area contributed by atoms with Gasteiger partial charge in [0.25, 0.3) is 0 Å². The zero-order valence-corrected chi connectivity index (χ0v) is 16.7. The number of hydrogen-bond donors (Lipinski definition) is 2. The van der Waals surface area contributed by atoms with Crippen LogP contribution in [0, 0.1) is 5.92 Å². The highest BCUT2D eigenvalue weighted by Gasteiger charge is 2.17. The summed E-state index contributed by atoms with van der Waals surface area (Å²) < 4.78 is 0. The van der Waals surface area contributed by atoms with E-state index in [1.165, 1.54) is 18.7 Å². The monoisotopic (exact) mass is 384 g/mol. The third-order valence-electron chi connectivity index (χ3n) is 3.82. The van der Waals surface area contributed by atoms with E-state index < -0.39 is 0 Å². The molecule has 0 radical (unpaired) electrons. The number of ketones is 1. The first kappa shape index (κ1) is 20.7. The summed E-state index contributed by atoms with van der Waals surface area (Å²) in [5, 5.41) is 5.27. The second-order valence-corrected chi connectivity index (χ2v) is 7.97. The number of benzene rings is 2. The summed E-state index contributed by atoms with van der Waals surface area (Å²) in [7, 11) is 0. The van der Waals surface area contributed by atoms with Crippen molar-refractivity contribution in [2.24, 2.45) is 5.92 Å². The van der Waals surface area contributed by atoms with Gasteiger partial charge in [0, 0.05) is 34.7 Å². The number of amides is 2. The first-order chi connectivity index (χ1) is 12.8. The molecule has 6 heteroatoms. The second kappa shape index (κ2) is 9.37. The van der Waals surface area contributed by atoms with Gasteiger partial charge >= 0.3 is 0 Å². The van der Waals surface area contributed by atoms with Crippen molar-refractivity contribution < 1.29 is 14.4 Å². The molecular weight excluding hydrogens is 360 g/mol. The number of Topliss-reactive ketones (excluding diaryl/α,β-unsaturated/α-hetero) is 1. The number of carbonyl (C=O) groups excluding carboxylic acids is 3. The maximum absolute atomic E-state index is 12.6. The van der Waals surface area contributed by atoms with E-state index in [0.717, 1.165) is 10.6 Å². The summed E-state index contributed by atoms with van der Waals surface area (Å²) in [5.41, 5.74) is 2.01. The summed E-state index contributed by atoms with van der Waals surface area (Å²) >= 11 is 1.46. The standard InChI is InChI=1S/C21H24N2O3S/c1-13(2)21(26)23-18-7-5-16(6-8-18)20(25)14(3)27-19-11-9-17(10-12-19)22-15(4)24/h5-14H,1-4H3,(H,22,24)(H,23,26)/t14-/m1/s1. The van der Waals surface area contributed by atoms with Gasteiger partial charge in [0.15, 0.2) is 5.78 Å². The average molecular weight is 385 g/mol. The van der Waals surface area contributed by atoms with Crippen LogP contribution in [0.3, 0.4) is 0 Å². The van der Waals surface area contributed by atoms with Gasteiger partial charge in [0.05, 0.1) is 5.25 Å². The molecule has 0 bridgehead atoms. The maximum Gasteiger partial charge on any atom is 0.226 e.